The Morgan fingerprint density at radius 2 is 2.00 bits per heavy atom. The van der Waals surface area contributed by atoms with E-state index >= 15 is 0 Å². The van der Waals surface area contributed by atoms with E-state index in [2.05, 4.69) is 5.32 Å². The summed E-state index contributed by atoms with van der Waals surface area (Å²) in [4.78, 5) is 0. The summed E-state index contributed by atoms with van der Waals surface area (Å²) in [5.41, 5.74) is 1.13. The van der Waals surface area contributed by atoms with Crippen molar-refractivity contribution in [3.05, 3.63) is 28.8 Å². The van der Waals surface area contributed by atoms with E-state index in [1.54, 1.807) is 6.07 Å². The summed E-state index contributed by atoms with van der Waals surface area (Å²) in [7, 11) is 0. The van der Waals surface area contributed by atoms with Crippen LogP contribution in [0.5, 0.6) is 5.75 Å². The first-order valence-corrected chi connectivity index (χ1v) is 7.31. The molecule has 0 heterocycles. The standard InChI is InChI=1S/C15H22ClNO/c16-14-10-13(6-7-15(14)18)11-17-9-8-12-4-2-1-3-5-12/h6-7,10,12,17-18H,1-5,8-9,11H2. The zero-order chi connectivity index (χ0) is 12.8. The fourth-order valence-electron chi connectivity index (χ4n) is 2.68. The molecule has 1 aliphatic rings. The van der Waals surface area contributed by atoms with Crippen LogP contribution in [-0.4, -0.2) is 11.7 Å². The van der Waals surface area contributed by atoms with Crippen LogP contribution in [0.1, 0.15) is 44.1 Å². The SMILES string of the molecule is Oc1ccc(CNCCC2CCCCC2)cc1Cl. The molecule has 2 N–H and O–H groups in total. The first kappa shape index (κ1) is 13.7. The van der Waals surface area contributed by atoms with Gasteiger partial charge in [-0.3, -0.25) is 0 Å². The summed E-state index contributed by atoms with van der Waals surface area (Å²) in [5.74, 6) is 1.08. The fourth-order valence-corrected chi connectivity index (χ4v) is 2.88. The second-order valence-corrected chi connectivity index (χ2v) is 5.66. The van der Waals surface area contributed by atoms with Crippen molar-refractivity contribution in [2.24, 2.45) is 5.92 Å². The molecule has 1 aliphatic carbocycles. The van der Waals surface area contributed by atoms with Gasteiger partial charge in [0, 0.05) is 6.54 Å². The number of aromatic hydroxyl groups is 1. The summed E-state index contributed by atoms with van der Waals surface area (Å²) in [6, 6.07) is 5.39. The third kappa shape index (κ3) is 4.18. The van der Waals surface area contributed by atoms with Crippen molar-refractivity contribution >= 4 is 11.6 Å². The quantitative estimate of drug-likeness (QED) is 0.787. The van der Waals surface area contributed by atoms with E-state index in [1.165, 1.54) is 38.5 Å². The maximum atomic E-state index is 9.33. The molecule has 0 saturated heterocycles. The predicted molar refractivity (Wildman–Crippen MR) is 76.0 cm³/mol. The summed E-state index contributed by atoms with van der Waals surface area (Å²) in [5, 5.41) is 13.2. The molecule has 1 fully saturated rings. The Hall–Kier alpha value is -0.730. The molecule has 3 heteroatoms. The van der Waals surface area contributed by atoms with Crippen molar-refractivity contribution in [3.63, 3.8) is 0 Å². The number of hydrogen-bond acceptors (Lipinski definition) is 2. The van der Waals surface area contributed by atoms with Crippen molar-refractivity contribution < 1.29 is 5.11 Å². The molecule has 0 amide bonds. The zero-order valence-electron chi connectivity index (χ0n) is 10.8. The topological polar surface area (TPSA) is 32.3 Å². The molecule has 0 unspecified atom stereocenters. The first-order valence-electron chi connectivity index (χ1n) is 6.94. The summed E-state index contributed by atoms with van der Waals surface area (Å²) >= 11 is 5.87. The van der Waals surface area contributed by atoms with Gasteiger partial charge in [0.1, 0.15) is 5.75 Å². The van der Waals surface area contributed by atoms with Gasteiger partial charge in [0.15, 0.2) is 0 Å². The highest BCUT2D eigenvalue weighted by atomic mass is 35.5. The van der Waals surface area contributed by atoms with Crippen molar-refractivity contribution in [2.45, 2.75) is 45.1 Å². The minimum atomic E-state index is 0.155. The molecule has 0 bridgehead atoms. The van der Waals surface area contributed by atoms with E-state index in [4.69, 9.17) is 11.6 Å². The predicted octanol–water partition coefficient (Wildman–Crippen LogP) is 4.11. The number of hydrogen-bond donors (Lipinski definition) is 2. The van der Waals surface area contributed by atoms with Gasteiger partial charge < -0.3 is 10.4 Å². The highest BCUT2D eigenvalue weighted by molar-refractivity contribution is 6.32. The smallest absolute Gasteiger partial charge is 0.134 e. The fraction of sp³-hybridized carbons (Fsp3) is 0.600. The second-order valence-electron chi connectivity index (χ2n) is 5.26. The zero-order valence-corrected chi connectivity index (χ0v) is 11.5. The number of benzene rings is 1. The van der Waals surface area contributed by atoms with Crippen LogP contribution in [0.25, 0.3) is 0 Å². The summed E-state index contributed by atoms with van der Waals surface area (Å²) < 4.78 is 0. The molecule has 0 spiro atoms. The van der Waals surface area contributed by atoms with Gasteiger partial charge in [-0.05, 0) is 36.6 Å². The molecule has 2 nitrogen and oxygen atoms in total. The van der Waals surface area contributed by atoms with E-state index in [0.29, 0.717) is 5.02 Å². The summed E-state index contributed by atoms with van der Waals surface area (Å²) in [6.07, 6.45) is 8.36. The van der Waals surface area contributed by atoms with Gasteiger partial charge in [0.05, 0.1) is 5.02 Å². The van der Waals surface area contributed by atoms with Crippen LogP contribution in [0.2, 0.25) is 5.02 Å². The van der Waals surface area contributed by atoms with Gasteiger partial charge in [0.25, 0.3) is 0 Å². The van der Waals surface area contributed by atoms with Gasteiger partial charge in [-0.25, -0.2) is 0 Å². The van der Waals surface area contributed by atoms with Crippen LogP contribution in [0.3, 0.4) is 0 Å². The van der Waals surface area contributed by atoms with Crippen molar-refractivity contribution in [1.29, 1.82) is 0 Å². The number of halogens is 1. The lowest BCUT2D eigenvalue weighted by Crippen LogP contribution is -2.19. The van der Waals surface area contributed by atoms with Crippen LogP contribution in [0, 0.1) is 5.92 Å². The van der Waals surface area contributed by atoms with E-state index in [9.17, 15) is 5.11 Å². The monoisotopic (exact) mass is 267 g/mol. The Morgan fingerprint density at radius 1 is 1.22 bits per heavy atom. The van der Waals surface area contributed by atoms with Gasteiger partial charge >= 0.3 is 0 Å². The largest absolute Gasteiger partial charge is 0.506 e. The van der Waals surface area contributed by atoms with Gasteiger partial charge in [-0.1, -0.05) is 49.8 Å². The average molecular weight is 268 g/mol. The maximum absolute atomic E-state index is 9.33. The lowest BCUT2D eigenvalue weighted by atomic mass is 9.87. The summed E-state index contributed by atoms with van der Waals surface area (Å²) in [6.45, 7) is 1.90. The van der Waals surface area contributed by atoms with Crippen LogP contribution >= 0.6 is 11.6 Å². The molecule has 0 aromatic heterocycles. The lowest BCUT2D eigenvalue weighted by molar-refractivity contribution is 0.334. The Morgan fingerprint density at radius 3 is 2.72 bits per heavy atom. The third-order valence-corrected chi connectivity index (χ3v) is 4.10. The van der Waals surface area contributed by atoms with Gasteiger partial charge in [-0.15, -0.1) is 0 Å². The second kappa shape index (κ2) is 7.01. The molecule has 1 aromatic rings. The Kier molecular flexibility index (Phi) is 5.33. The third-order valence-electron chi connectivity index (χ3n) is 3.80. The average Bonchev–Trinajstić information content (AvgIpc) is 2.40. The molecule has 1 saturated carbocycles. The van der Waals surface area contributed by atoms with Crippen molar-refractivity contribution in [2.75, 3.05) is 6.54 Å². The molecule has 0 aliphatic heterocycles. The van der Waals surface area contributed by atoms with Gasteiger partial charge in [-0.2, -0.15) is 0 Å². The molecule has 0 atom stereocenters. The minimum Gasteiger partial charge on any atom is -0.506 e. The van der Waals surface area contributed by atoms with Crippen LogP contribution in [0.15, 0.2) is 18.2 Å². The lowest BCUT2D eigenvalue weighted by Gasteiger charge is -2.21. The number of rotatable bonds is 5. The van der Waals surface area contributed by atoms with Crippen LogP contribution in [0.4, 0.5) is 0 Å². The number of phenols is 1. The molecule has 18 heavy (non-hydrogen) atoms. The minimum absolute atomic E-state index is 0.155. The van der Waals surface area contributed by atoms with Crippen molar-refractivity contribution in [3.8, 4) is 5.75 Å². The Balaban J connectivity index is 1.66. The molecule has 100 valence electrons. The Bertz CT molecular complexity index is 375. The Labute approximate surface area is 114 Å². The molecular formula is C15H22ClNO. The normalized spacial score (nSPS) is 16.9. The van der Waals surface area contributed by atoms with E-state index in [0.717, 1.165) is 24.6 Å². The highest BCUT2D eigenvalue weighted by Crippen LogP contribution is 2.26. The molecular weight excluding hydrogens is 246 g/mol. The maximum Gasteiger partial charge on any atom is 0.134 e. The molecule has 0 radical (unpaired) electrons. The first-order chi connectivity index (χ1) is 8.75. The highest BCUT2D eigenvalue weighted by Gasteiger charge is 2.12. The van der Waals surface area contributed by atoms with E-state index < -0.39 is 0 Å². The van der Waals surface area contributed by atoms with Crippen molar-refractivity contribution in [1.82, 2.24) is 5.32 Å². The molecule has 1 aromatic carbocycles. The molecule has 2 rings (SSSR count). The van der Waals surface area contributed by atoms with Crippen LogP contribution < -0.4 is 5.32 Å². The van der Waals surface area contributed by atoms with E-state index in [-0.39, 0.29) is 5.75 Å². The van der Waals surface area contributed by atoms with Gasteiger partial charge in [0.2, 0.25) is 0 Å². The van der Waals surface area contributed by atoms with E-state index in [1.807, 2.05) is 12.1 Å². The number of nitrogens with one attached hydrogen (secondary N) is 1. The number of phenolic OH excluding ortho intramolecular Hbond substituents is 1. The van der Waals surface area contributed by atoms with Crippen LogP contribution in [-0.2, 0) is 6.54 Å².